The maximum absolute atomic E-state index is 9.75. The molecule has 1 aliphatic heterocycles. The molecule has 0 saturated carbocycles. The summed E-state index contributed by atoms with van der Waals surface area (Å²) in [5.74, 6) is 0. The molecule has 0 bridgehead atoms. The van der Waals surface area contributed by atoms with Gasteiger partial charge < -0.3 is 17.3 Å². The lowest BCUT2D eigenvalue weighted by atomic mass is 10.0. The first-order chi connectivity index (χ1) is 9.40. The van der Waals surface area contributed by atoms with Gasteiger partial charge in [0.05, 0.1) is 0 Å². The van der Waals surface area contributed by atoms with Gasteiger partial charge in [0.1, 0.15) is 11.4 Å². The third kappa shape index (κ3) is 3.39. The molecule has 0 amide bonds. The Balaban J connectivity index is 0.000000257. The van der Waals surface area contributed by atoms with Crippen LogP contribution in [0.2, 0.25) is 0 Å². The van der Waals surface area contributed by atoms with Gasteiger partial charge in [-0.05, 0) is 18.6 Å². The Kier molecular flexibility index (Phi) is 4.13. The predicted octanol–water partition coefficient (Wildman–Crippen LogP) is 4.06. The molecule has 2 N–H and O–H groups in total. The number of benzene rings is 2. The molecule has 0 atom stereocenters. The van der Waals surface area contributed by atoms with E-state index >= 15 is 0 Å². The van der Waals surface area contributed by atoms with Crippen LogP contribution in [0.4, 0.5) is 28.6 Å². The van der Waals surface area contributed by atoms with Crippen LogP contribution < -0.4 is 5.32 Å². The van der Waals surface area contributed by atoms with Crippen molar-refractivity contribution in [2.24, 2.45) is 0 Å². The summed E-state index contributed by atoms with van der Waals surface area (Å²) in [6, 6.07) is 15.2. The number of hydrogen-bond acceptors (Lipinski definition) is 0. The van der Waals surface area contributed by atoms with Crippen LogP contribution >= 0.6 is 0 Å². The van der Waals surface area contributed by atoms with Crippen LogP contribution in [0.3, 0.4) is 0 Å². The van der Waals surface area contributed by atoms with Crippen molar-refractivity contribution in [1.29, 1.82) is 0 Å². The topological polar surface area (TPSA) is 16.6 Å². The Morgan fingerprint density at radius 1 is 0.900 bits per heavy atom. The molecule has 1 heterocycles. The van der Waals surface area contributed by atoms with Crippen molar-refractivity contribution in [3.63, 3.8) is 0 Å². The van der Waals surface area contributed by atoms with Crippen LogP contribution in [0.1, 0.15) is 12.5 Å². The second-order valence-electron chi connectivity index (χ2n) is 4.46. The van der Waals surface area contributed by atoms with Gasteiger partial charge in [0.25, 0.3) is 0 Å². The molecule has 3 rings (SSSR count). The lowest BCUT2D eigenvalue weighted by Crippen LogP contribution is -2.69. The number of quaternary nitrogens is 1. The molecule has 0 aliphatic carbocycles. The van der Waals surface area contributed by atoms with E-state index < -0.39 is 7.25 Å². The van der Waals surface area contributed by atoms with E-state index in [0.29, 0.717) is 0 Å². The average molecular weight is 283 g/mol. The monoisotopic (exact) mass is 283 g/mol. The molecular formula is C14H14BF4N. The maximum atomic E-state index is 9.75. The van der Waals surface area contributed by atoms with Crippen LogP contribution in [-0.4, -0.2) is 7.25 Å². The number of rotatable bonds is 1. The summed E-state index contributed by atoms with van der Waals surface area (Å²) in [5.41, 5.74) is 6.99. The summed E-state index contributed by atoms with van der Waals surface area (Å²) in [4.78, 5) is 0. The Morgan fingerprint density at radius 3 is 2.15 bits per heavy atom. The standard InChI is InChI=1S/C14H13N.BF4/c1-2-10-6-5-8-12-11-7-3-4-9-13(11)15-14(10)12;2-1(3,4)5/h3-9,15H,2H2,1H3;/q;-1/p+1. The van der Waals surface area contributed by atoms with Gasteiger partial charge in [-0.15, -0.1) is 0 Å². The normalized spacial score (nSPS) is 12.2. The third-order valence-electron chi connectivity index (χ3n) is 3.13. The fraction of sp³-hybridized carbons (Fsp3) is 0.143. The second-order valence-corrected chi connectivity index (χ2v) is 4.46. The molecule has 0 unspecified atom stereocenters. The summed E-state index contributed by atoms with van der Waals surface area (Å²) >= 11 is 0. The summed E-state index contributed by atoms with van der Waals surface area (Å²) in [5, 5.41) is 2.31. The van der Waals surface area contributed by atoms with E-state index in [2.05, 4.69) is 54.7 Å². The fourth-order valence-electron chi connectivity index (χ4n) is 2.35. The number of aryl methyl sites for hydroxylation is 1. The summed E-state index contributed by atoms with van der Waals surface area (Å²) < 4.78 is 39.0. The van der Waals surface area contributed by atoms with Gasteiger partial charge in [0.15, 0.2) is 0 Å². The molecule has 6 heteroatoms. The van der Waals surface area contributed by atoms with Crippen molar-refractivity contribution >= 4 is 18.6 Å². The molecule has 0 saturated heterocycles. The first kappa shape index (κ1) is 14.6. The highest BCUT2D eigenvalue weighted by Crippen LogP contribution is 2.36. The van der Waals surface area contributed by atoms with Crippen molar-refractivity contribution in [2.75, 3.05) is 0 Å². The first-order valence-electron chi connectivity index (χ1n) is 6.33. The van der Waals surface area contributed by atoms with Gasteiger partial charge in [-0.3, -0.25) is 5.32 Å². The van der Waals surface area contributed by atoms with E-state index in [9.17, 15) is 17.3 Å². The van der Waals surface area contributed by atoms with Gasteiger partial charge in [-0.25, -0.2) is 0 Å². The van der Waals surface area contributed by atoms with E-state index in [1.807, 2.05) is 0 Å². The molecule has 0 spiro atoms. The lowest BCUT2D eigenvalue weighted by Gasteiger charge is -2.01. The number of nitrogens with two attached hydrogens (primary N) is 1. The van der Waals surface area contributed by atoms with Gasteiger partial charge in [0.2, 0.25) is 0 Å². The summed E-state index contributed by atoms with van der Waals surface area (Å²) in [7, 11) is -6.00. The SMILES string of the molecule is CCc1cccc2c1[NH2+]c1ccccc1-2.F[B-](F)(F)F. The minimum absolute atomic E-state index is 1.10. The largest absolute Gasteiger partial charge is 0.673 e. The zero-order valence-corrected chi connectivity index (χ0v) is 10.9. The minimum atomic E-state index is -6.00. The highest BCUT2D eigenvalue weighted by atomic mass is 19.5. The van der Waals surface area contributed by atoms with E-state index in [1.54, 1.807) is 0 Å². The maximum Gasteiger partial charge on any atom is 0.673 e. The van der Waals surface area contributed by atoms with Crippen molar-refractivity contribution in [1.82, 2.24) is 0 Å². The molecule has 0 fully saturated rings. The van der Waals surface area contributed by atoms with Crippen molar-refractivity contribution < 1.29 is 22.6 Å². The molecule has 2 aromatic carbocycles. The van der Waals surface area contributed by atoms with Gasteiger partial charge >= 0.3 is 7.25 Å². The van der Waals surface area contributed by atoms with Gasteiger partial charge in [0, 0.05) is 22.8 Å². The third-order valence-corrected chi connectivity index (χ3v) is 3.13. The molecule has 1 aliphatic rings. The van der Waals surface area contributed by atoms with E-state index in [-0.39, 0.29) is 0 Å². The number of hydrogen-bond donors (Lipinski definition) is 1. The van der Waals surface area contributed by atoms with Crippen molar-refractivity contribution in [3.8, 4) is 11.1 Å². The van der Waals surface area contributed by atoms with Crippen LogP contribution in [-0.2, 0) is 6.42 Å². The van der Waals surface area contributed by atoms with E-state index in [1.165, 1.54) is 28.1 Å². The molecule has 2 aromatic rings. The van der Waals surface area contributed by atoms with Crippen molar-refractivity contribution in [3.05, 3.63) is 48.0 Å². The van der Waals surface area contributed by atoms with E-state index in [0.717, 1.165) is 6.42 Å². The highest BCUT2D eigenvalue weighted by Gasteiger charge is 2.24. The Labute approximate surface area is 114 Å². The van der Waals surface area contributed by atoms with Gasteiger partial charge in [-0.1, -0.05) is 31.2 Å². The quantitative estimate of drug-likeness (QED) is 0.394. The molecule has 0 aromatic heterocycles. The molecule has 1 nitrogen and oxygen atoms in total. The molecular weight excluding hydrogens is 269 g/mol. The number of halogens is 4. The second kappa shape index (κ2) is 5.67. The summed E-state index contributed by atoms with van der Waals surface area (Å²) in [6.45, 7) is 2.21. The van der Waals surface area contributed by atoms with E-state index in [4.69, 9.17) is 0 Å². The smallest absolute Gasteiger partial charge is 0.418 e. The zero-order valence-electron chi connectivity index (χ0n) is 10.9. The van der Waals surface area contributed by atoms with Crippen LogP contribution in [0.25, 0.3) is 11.1 Å². The predicted molar refractivity (Wildman–Crippen MR) is 72.7 cm³/mol. The lowest BCUT2D eigenvalue weighted by molar-refractivity contribution is -0.473. The molecule has 106 valence electrons. The fourth-order valence-corrected chi connectivity index (χ4v) is 2.35. The van der Waals surface area contributed by atoms with Crippen LogP contribution in [0.5, 0.6) is 0 Å². The Morgan fingerprint density at radius 2 is 1.50 bits per heavy atom. The van der Waals surface area contributed by atoms with Crippen LogP contribution in [0, 0.1) is 0 Å². The zero-order chi connectivity index (χ0) is 14.8. The first-order valence-corrected chi connectivity index (χ1v) is 6.33. The average Bonchev–Trinajstić information content (AvgIpc) is 2.75. The Bertz CT molecular complexity index is 604. The molecule has 0 radical (unpaired) electrons. The number of fused-ring (bicyclic) bond motifs is 3. The summed E-state index contributed by atoms with van der Waals surface area (Å²) in [6.07, 6.45) is 1.10. The van der Waals surface area contributed by atoms with Gasteiger partial charge in [-0.2, -0.15) is 0 Å². The number of para-hydroxylation sites is 2. The van der Waals surface area contributed by atoms with Crippen molar-refractivity contribution in [2.45, 2.75) is 13.3 Å². The minimum Gasteiger partial charge on any atom is -0.418 e. The molecule has 20 heavy (non-hydrogen) atoms. The van der Waals surface area contributed by atoms with Crippen LogP contribution in [0.15, 0.2) is 42.5 Å². The Hall–Kier alpha value is -1.82. The highest BCUT2D eigenvalue weighted by molar-refractivity contribution is 6.50.